The van der Waals surface area contributed by atoms with E-state index in [1.807, 2.05) is 12.1 Å². The van der Waals surface area contributed by atoms with Crippen molar-refractivity contribution >= 4 is 23.8 Å². The summed E-state index contributed by atoms with van der Waals surface area (Å²) < 4.78 is 0. The van der Waals surface area contributed by atoms with Crippen LogP contribution in [0.15, 0.2) is 24.3 Å². The van der Waals surface area contributed by atoms with E-state index >= 15 is 0 Å². The van der Waals surface area contributed by atoms with Gasteiger partial charge in [0.1, 0.15) is 12.1 Å². The van der Waals surface area contributed by atoms with Gasteiger partial charge in [0.15, 0.2) is 0 Å². The summed E-state index contributed by atoms with van der Waals surface area (Å²) in [4.78, 5) is 53.5. The Morgan fingerprint density at radius 3 is 2.31 bits per heavy atom. The number of nitrogens with zero attached hydrogens (tertiary/aromatic N) is 2. The molecule has 2 N–H and O–H groups in total. The van der Waals surface area contributed by atoms with E-state index in [4.69, 9.17) is 0 Å². The summed E-state index contributed by atoms with van der Waals surface area (Å²) in [6, 6.07) is 6.98. The molecule has 0 radical (unpaired) electrons. The Morgan fingerprint density at radius 2 is 1.74 bits per heavy atom. The summed E-state index contributed by atoms with van der Waals surface area (Å²) >= 11 is 0. The average Bonchev–Trinajstić information content (AvgIpc) is 3.62. The smallest absolute Gasteiger partial charge is 0.325 e. The molecule has 2 aliphatic carbocycles. The van der Waals surface area contributed by atoms with Crippen LogP contribution >= 0.6 is 0 Å². The minimum absolute atomic E-state index is 0.0803. The molecule has 35 heavy (non-hydrogen) atoms. The summed E-state index contributed by atoms with van der Waals surface area (Å²) in [6.45, 7) is 6.78. The van der Waals surface area contributed by atoms with Crippen molar-refractivity contribution in [2.45, 2.75) is 83.8 Å². The van der Waals surface area contributed by atoms with Crippen LogP contribution < -0.4 is 10.6 Å². The molecule has 1 aliphatic heterocycles. The van der Waals surface area contributed by atoms with Crippen molar-refractivity contribution < 1.29 is 19.2 Å². The molecule has 3 aliphatic rings. The molecule has 5 amide bonds. The molecule has 4 rings (SSSR count). The van der Waals surface area contributed by atoms with Crippen molar-refractivity contribution in [2.75, 3.05) is 13.6 Å². The van der Waals surface area contributed by atoms with Gasteiger partial charge in [-0.1, -0.05) is 39.3 Å². The lowest BCUT2D eigenvalue weighted by Gasteiger charge is -2.42. The molecular weight excluding hydrogens is 444 g/mol. The second-order valence-corrected chi connectivity index (χ2v) is 11.2. The Labute approximate surface area is 207 Å². The second-order valence-electron chi connectivity index (χ2n) is 11.2. The molecule has 8 nitrogen and oxygen atoms in total. The molecule has 1 aromatic rings. The second kappa shape index (κ2) is 9.63. The van der Waals surface area contributed by atoms with Gasteiger partial charge in [-0.05, 0) is 67.6 Å². The van der Waals surface area contributed by atoms with Gasteiger partial charge < -0.3 is 15.5 Å². The van der Waals surface area contributed by atoms with Crippen molar-refractivity contribution in [3.63, 3.8) is 0 Å². The Balaban J connectivity index is 1.31. The number of carbonyl (C=O) groups is 4. The van der Waals surface area contributed by atoms with Crippen LogP contribution in [0.3, 0.4) is 0 Å². The first-order chi connectivity index (χ1) is 16.5. The van der Waals surface area contributed by atoms with Crippen LogP contribution in [0.25, 0.3) is 0 Å². The highest BCUT2D eigenvalue weighted by molar-refractivity contribution is 6.09. The van der Waals surface area contributed by atoms with Gasteiger partial charge in [-0.2, -0.15) is 0 Å². The van der Waals surface area contributed by atoms with E-state index in [9.17, 15) is 19.2 Å². The van der Waals surface area contributed by atoms with Crippen LogP contribution in [0.4, 0.5) is 4.79 Å². The Bertz CT molecular complexity index is 991. The van der Waals surface area contributed by atoms with Crippen molar-refractivity contribution in [1.29, 1.82) is 0 Å². The fraction of sp³-hybridized carbons (Fsp3) is 0.630. The summed E-state index contributed by atoms with van der Waals surface area (Å²) in [5.41, 5.74) is 0.809. The molecule has 8 heteroatoms. The molecule has 1 saturated heterocycles. The molecule has 0 unspecified atom stereocenters. The monoisotopic (exact) mass is 482 g/mol. The number of hydrogen-bond acceptors (Lipinski definition) is 4. The summed E-state index contributed by atoms with van der Waals surface area (Å²) in [5.74, 6) is -0.135. The molecule has 2 saturated carbocycles. The number of nitrogens with one attached hydrogen (secondary N) is 2. The molecule has 3 fully saturated rings. The lowest BCUT2D eigenvalue weighted by Crippen LogP contribution is -2.51. The van der Waals surface area contributed by atoms with Crippen LogP contribution in [0.5, 0.6) is 0 Å². The number of benzene rings is 1. The Morgan fingerprint density at radius 1 is 1.11 bits per heavy atom. The van der Waals surface area contributed by atoms with Gasteiger partial charge >= 0.3 is 6.03 Å². The summed E-state index contributed by atoms with van der Waals surface area (Å²) in [7, 11) is 1.66. The zero-order chi connectivity index (χ0) is 25.4. The highest BCUT2D eigenvalue weighted by Crippen LogP contribution is 2.45. The third-order valence-corrected chi connectivity index (χ3v) is 8.37. The van der Waals surface area contributed by atoms with E-state index in [1.54, 1.807) is 19.2 Å². The molecular formula is C27H38N4O4. The molecule has 0 aromatic heterocycles. The van der Waals surface area contributed by atoms with E-state index in [-0.39, 0.29) is 29.7 Å². The van der Waals surface area contributed by atoms with Crippen LogP contribution in [0, 0.1) is 11.3 Å². The van der Waals surface area contributed by atoms with Gasteiger partial charge in [0, 0.05) is 25.2 Å². The SMILES string of the molecule is CCC(C)(C)C1CCC2(CC1)NC(=O)N(CC(=O)N(C)Cc1ccc(C(=O)NC3CC3)cc1)C2=O. The normalized spacial score (nSPS) is 24.5. The number of carbonyl (C=O) groups excluding carboxylic acids is 4. The molecule has 1 aromatic carbocycles. The lowest BCUT2D eigenvalue weighted by atomic mass is 9.65. The van der Waals surface area contributed by atoms with Crippen molar-refractivity contribution in [1.82, 2.24) is 20.4 Å². The maximum atomic E-state index is 13.3. The molecule has 1 spiro atoms. The van der Waals surface area contributed by atoms with E-state index in [0.29, 0.717) is 36.9 Å². The third kappa shape index (κ3) is 5.36. The number of likely N-dealkylation sites (N-methyl/N-ethyl adjacent to an activating group) is 1. The van der Waals surface area contributed by atoms with E-state index in [2.05, 4.69) is 31.4 Å². The zero-order valence-corrected chi connectivity index (χ0v) is 21.4. The first kappa shape index (κ1) is 25.2. The number of amides is 5. The first-order valence-electron chi connectivity index (χ1n) is 12.8. The van der Waals surface area contributed by atoms with E-state index in [1.165, 1.54) is 4.90 Å². The standard InChI is InChI=1S/C27H38N4O4/c1-5-26(2,3)20-12-14-27(15-13-20)24(34)31(25(35)29-27)17-22(32)30(4)16-18-6-8-19(9-7-18)23(33)28-21-10-11-21/h6-9,20-21H,5,10-17H2,1-4H3,(H,28,33)(H,29,35). The summed E-state index contributed by atoms with van der Waals surface area (Å²) in [6.07, 6.45) is 6.17. The maximum Gasteiger partial charge on any atom is 0.325 e. The van der Waals surface area contributed by atoms with Crippen molar-refractivity contribution in [2.24, 2.45) is 11.3 Å². The largest absolute Gasteiger partial charge is 0.349 e. The predicted octanol–water partition coefficient (Wildman–Crippen LogP) is 3.45. The van der Waals surface area contributed by atoms with Crippen LogP contribution in [0.1, 0.15) is 81.6 Å². The Kier molecular flexibility index (Phi) is 6.93. The van der Waals surface area contributed by atoms with Gasteiger partial charge in [0.25, 0.3) is 11.8 Å². The van der Waals surface area contributed by atoms with Gasteiger partial charge in [-0.15, -0.1) is 0 Å². The predicted molar refractivity (Wildman–Crippen MR) is 132 cm³/mol. The van der Waals surface area contributed by atoms with E-state index < -0.39 is 11.6 Å². The minimum atomic E-state index is -0.868. The fourth-order valence-corrected chi connectivity index (χ4v) is 5.22. The van der Waals surface area contributed by atoms with Crippen LogP contribution in [-0.4, -0.2) is 58.7 Å². The zero-order valence-electron chi connectivity index (χ0n) is 21.4. The number of hydrogen-bond donors (Lipinski definition) is 2. The summed E-state index contributed by atoms with van der Waals surface area (Å²) in [5, 5.41) is 5.87. The minimum Gasteiger partial charge on any atom is -0.349 e. The molecule has 190 valence electrons. The van der Waals surface area contributed by atoms with Crippen LogP contribution in [0.2, 0.25) is 0 Å². The molecule has 0 atom stereocenters. The third-order valence-electron chi connectivity index (χ3n) is 8.37. The number of imide groups is 1. The highest BCUT2D eigenvalue weighted by atomic mass is 16.2. The highest BCUT2D eigenvalue weighted by Gasteiger charge is 2.53. The van der Waals surface area contributed by atoms with Crippen molar-refractivity contribution in [3.8, 4) is 0 Å². The maximum absolute atomic E-state index is 13.3. The van der Waals surface area contributed by atoms with Gasteiger partial charge in [0.2, 0.25) is 5.91 Å². The quantitative estimate of drug-likeness (QED) is 0.555. The topological polar surface area (TPSA) is 98.8 Å². The number of rotatable bonds is 8. The van der Waals surface area contributed by atoms with Crippen molar-refractivity contribution in [3.05, 3.63) is 35.4 Å². The fourth-order valence-electron chi connectivity index (χ4n) is 5.22. The molecule has 0 bridgehead atoms. The first-order valence-corrected chi connectivity index (χ1v) is 12.8. The number of urea groups is 1. The van der Waals surface area contributed by atoms with E-state index in [0.717, 1.165) is 42.6 Å². The average molecular weight is 483 g/mol. The lowest BCUT2D eigenvalue weighted by molar-refractivity contribution is -0.139. The van der Waals surface area contributed by atoms with Crippen LogP contribution in [-0.2, 0) is 16.1 Å². The van der Waals surface area contributed by atoms with Gasteiger partial charge in [-0.3, -0.25) is 19.3 Å². The van der Waals surface area contributed by atoms with Gasteiger partial charge in [-0.25, -0.2) is 4.79 Å². The molecule has 1 heterocycles. The Hall–Kier alpha value is -2.90. The van der Waals surface area contributed by atoms with Gasteiger partial charge in [0.05, 0.1) is 0 Å².